The molecule has 0 unspecified atom stereocenters. The van der Waals surface area contributed by atoms with Crippen LogP contribution in [-0.2, 0) is 5.41 Å². The minimum absolute atomic E-state index is 0.0931. The Bertz CT molecular complexity index is 844. The second-order valence-electron chi connectivity index (χ2n) is 6.00. The van der Waals surface area contributed by atoms with Crippen LogP contribution < -0.4 is 0 Å². The van der Waals surface area contributed by atoms with E-state index in [1.165, 1.54) is 36.6 Å². The van der Waals surface area contributed by atoms with Gasteiger partial charge in [0.25, 0.3) is 0 Å². The van der Waals surface area contributed by atoms with E-state index in [2.05, 4.69) is 91.0 Å². The first kappa shape index (κ1) is 12.4. The molecular formula is C19H15I. The number of benzene rings is 3. The maximum absolute atomic E-state index is 2.47. The standard InChI is InChI=1S/C19H15I/c1-19(2)14-8-5-9-16(20)18(14)17-13-7-4-3-6-12(13)10-11-15(17)19/h3-11H,1-2H3. The average molecular weight is 370 g/mol. The van der Waals surface area contributed by atoms with E-state index in [0.29, 0.717) is 0 Å². The van der Waals surface area contributed by atoms with E-state index in [-0.39, 0.29) is 5.41 Å². The zero-order chi connectivity index (χ0) is 13.9. The molecule has 0 N–H and O–H groups in total. The third-order valence-electron chi connectivity index (χ3n) is 4.54. The first-order valence-electron chi connectivity index (χ1n) is 6.92. The van der Waals surface area contributed by atoms with Gasteiger partial charge in [-0.3, -0.25) is 0 Å². The van der Waals surface area contributed by atoms with Crippen molar-refractivity contribution in [3.63, 3.8) is 0 Å². The first-order valence-corrected chi connectivity index (χ1v) is 8.00. The van der Waals surface area contributed by atoms with Gasteiger partial charge in [0.2, 0.25) is 0 Å². The van der Waals surface area contributed by atoms with Gasteiger partial charge in [0, 0.05) is 14.5 Å². The fourth-order valence-corrected chi connectivity index (χ4v) is 4.27. The zero-order valence-corrected chi connectivity index (χ0v) is 13.7. The Kier molecular flexibility index (Phi) is 2.53. The van der Waals surface area contributed by atoms with Gasteiger partial charge in [0.1, 0.15) is 0 Å². The lowest BCUT2D eigenvalue weighted by molar-refractivity contribution is 0.660. The lowest BCUT2D eigenvalue weighted by Crippen LogP contribution is -2.14. The van der Waals surface area contributed by atoms with Crippen LogP contribution in [-0.4, -0.2) is 0 Å². The van der Waals surface area contributed by atoms with Crippen LogP contribution in [0.15, 0.2) is 54.6 Å². The average Bonchev–Trinajstić information content (AvgIpc) is 2.69. The molecule has 3 aromatic carbocycles. The van der Waals surface area contributed by atoms with Gasteiger partial charge in [-0.05, 0) is 56.1 Å². The molecular weight excluding hydrogens is 355 g/mol. The molecule has 1 aliphatic rings. The summed E-state index contributed by atoms with van der Waals surface area (Å²) in [5.74, 6) is 0. The van der Waals surface area contributed by atoms with Crippen LogP contribution >= 0.6 is 22.6 Å². The summed E-state index contributed by atoms with van der Waals surface area (Å²) in [6, 6.07) is 20.0. The molecule has 20 heavy (non-hydrogen) atoms. The number of halogens is 1. The van der Waals surface area contributed by atoms with Gasteiger partial charge >= 0.3 is 0 Å². The van der Waals surface area contributed by atoms with Crippen molar-refractivity contribution in [2.45, 2.75) is 19.3 Å². The van der Waals surface area contributed by atoms with E-state index < -0.39 is 0 Å². The summed E-state index contributed by atoms with van der Waals surface area (Å²) in [7, 11) is 0. The Morgan fingerprint density at radius 1 is 0.750 bits per heavy atom. The van der Waals surface area contributed by atoms with Gasteiger partial charge in [-0.1, -0.05) is 62.4 Å². The molecule has 3 aromatic rings. The molecule has 0 spiro atoms. The van der Waals surface area contributed by atoms with Gasteiger partial charge in [-0.15, -0.1) is 0 Å². The Morgan fingerprint density at radius 2 is 1.50 bits per heavy atom. The van der Waals surface area contributed by atoms with Crippen molar-refractivity contribution in [3.05, 3.63) is 69.3 Å². The lowest BCUT2D eigenvalue weighted by Gasteiger charge is -2.21. The van der Waals surface area contributed by atoms with Crippen LogP contribution in [0.2, 0.25) is 0 Å². The van der Waals surface area contributed by atoms with Crippen LogP contribution in [0.25, 0.3) is 21.9 Å². The van der Waals surface area contributed by atoms with E-state index >= 15 is 0 Å². The van der Waals surface area contributed by atoms with Gasteiger partial charge in [0.15, 0.2) is 0 Å². The van der Waals surface area contributed by atoms with Crippen LogP contribution in [0.1, 0.15) is 25.0 Å². The summed E-state index contributed by atoms with van der Waals surface area (Å²) in [6.45, 7) is 4.67. The second-order valence-corrected chi connectivity index (χ2v) is 7.16. The van der Waals surface area contributed by atoms with Crippen LogP contribution in [0.4, 0.5) is 0 Å². The van der Waals surface area contributed by atoms with Gasteiger partial charge < -0.3 is 0 Å². The van der Waals surface area contributed by atoms with E-state index in [1.807, 2.05) is 0 Å². The molecule has 1 aliphatic carbocycles. The molecule has 0 nitrogen and oxygen atoms in total. The van der Waals surface area contributed by atoms with Crippen molar-refractivity contribution in [1.29, 1.82) is 0 Å². The molecule has 98 valence electrons. The highest BCUT2D eigenvalue weighted by Crippen LogP contribution is 2.52. The van der Waals surface area contributed by atoms with Crippen LogP contribution in [0.3, 0.4) is 0 Å². The fourth-order valence-electron chi connectivity index (χ4n) is 3.51. The number of rotatable bonds is 0. The van der Waals surface area contributed by atoms with Crippen molar-refractivity contribution >= 4 is 33.4 Å². The monoisotopic (exact) mass is 370 g/mol. The topological polar surface area (TPSA) is 0 Å². The summed E-state index contributed by atoms with van der Waals surface area (Å²) in [4.78, 5) is 0. The Hall–Kier alpha value is -1.35. The summed E-state index contributed by atoms with van der Waals surface area (Å²) in [5.41, 5.74) is 5.87. The molecule has 0 radical (unpaired) electrons. The van der Waals surface area contributed by atoms with Gasteiger partial charge in [-0.2, -0.15) is 0 Å². The zero-order valence-electron chi connectivity index (χ0n) is 11.6. The molecule has 0 saturated carbocycles. The summed E-state index contributed by atoms with van der Waals surface area (Å²) >= 11 is 2.47. The quantitative estimate of drug-likeness (QED) is 0.442. The maximum Gasteiger partial charge on any atom is 0.0212 e. The minimum Gasteiger partial charge on any atom is -0.0616 e. The van der Waals surface area contributed by atoms with Gasteiger partial charge in [-0.25, -0.2) is 0 Å². The summed E-state index contributed by atoms with van der Waals surface area (Å²) in [6.07, 6.45) is 0. The third-order valence-corrected chi connectivity index (χ3v) is 5.44. The van der Waals surface area contributed by atoms with Crippen molar-refractivity contribution < 1.29 is 0 Å². The highest BCUT2D eigenvalue weighted by molar-refractivity contribution is 14.1. The van der Waals surface area contributed by atoms with E-state index in [4.69, 9.17) is 0 Å². The number of fused-ring (bicyclic) bond motifs is 5. The predicted molar refractivity (Wildman–Crippen MR) is 94.2 cm³/mol. The molecule has 0 bridgehead atoms. The van der Waals surface area contributed by atoms with Crippen molar-refractivity contribution in [2.75, 3.05) is 0 Å². The first-order chi connectivity index (χ1) is 9.60. The van der Waals surface area contributed by atoms with Crippen molar-refractivity contribution in [1.82, 2.24) is 0 Å². The van der Waals surface area contributed by atoms with Crippen molar-refractivity contribution in [3.8, 4) is 11.1 Å². The molecule has 4 rings (SSSR count). The summed E-state index contributed by atoms with van der Waals surface area (Å²) in [5, 5.41) is 2.70. The van der Waals surface area contributed by atoms with E-state index in [1.54, 1.807) is 0 Å². The smallest absolute Gasteiger partial charge is 0.0212 e. The molecule has 0 amide bonds. The molecule has 1 heteroatoms. The molecule has 0 heterocycles. The third kappa shape index (κ3) is 1.47. The second kappa shape index (κ2) is 4.08. The molecule has 0 aliphatic heterocycles. The van der Waals surface area contributed by atoms with Crippen molar-refractivity contribution in [2.24, 2.45) is 0 Å². The van der Waals surface area contributed by atoms with E-state index in [0.717, 1.165) is 0 Å². The molecule has 0 fully saturated rings. The Labute approximate surface area is 133 Å². The molecule has 0 saturated heterocycles. The highest BCUT2D eigenvalue weighted by atomic mass is 127. The van der Waals surface area contributed by atoms with E-state index in [9.17, 15) is 0 Å². The SMILES string of the molecule is CC1(C)c2cccc(I)c2-c2c1ccc1ccccc21. The Morgan fingerprint density at radius 3 is 2.35 bits per heavy atom. The normalized spacial score (nSPS) is 15.2. The predicted octanol–water partition coefficient (Wildman–Crippen LogP) is 5.75. The van der Waals surface area contributed by atoms with Crippen LogP contribution in [0.5, 0.6) is 0 Å². The largest absolute Gasteiger partial charge is 0.0616 e. The molecule has 0 aromatic heterocycles. The minimum atomic E-state index is 0.0931. The highest BCUT2D eigenvalue weighted by Gasteiger charge is 2.37. The summed E-state index contributed by atoms with van der Waals surface area (Å²) < 4.78 is 1.35. The fraction of sp³-hybridized carbons (Fsp3) is 0.158. The number of hydrogen-bond donors (Lipinski definition) is 0. The lowest BCUT2D eigenvalue weighted by atomic mass is 9.82. The Balaban J connectivity index is 2.25. The number of hydrogen-bond acceptors (Lipinski definition) is 0. The van der Waals surface area contributed by atoms with Crippen LogP contribution in [0, 0.1) is 3.57 Å². The molecule has 0 atom stereocenters. The maximum atomic E-state index is 2.47. The van der Waals surface area contributed by atoms with Gasteiger partial charge in [0.05, 0.1) is 0 Å².